The standard InChI is InChI=1S/C20H19N3O3/c1-23(17-6-3-5-15(11-17)13-21)20(24)7-4-10-26-18-9-8-16(14-22)12-19(18)25-2/h3,5-6,8-9,11-12H,4,7,10H2,1-2H3. The quantitative estimate of drug-likeness (QED) is 0.716. The molecule has 0 saturated heterocycles. The maximum Gasteiger partial charge on any atom is 0.226 e. The van der Waals surface area contributed by atoms with Crippen LogP contribution in [0.15, 0.2) is 42.5 Å². The highest BCUT2D eigenvalue weighted by Crippen LogP contribution is 2.28. The third-order valence-corrected chi connectivity index (χ3v) is 3.82. The predicted molar refractivity (Wildman–Crippen MR) is 97.0 cm³/mol. The van der Waals surface area contributed by atoms with Crippen molar-refractivity contribution < 1.29 is 14.3 Å². The van der Waals surface area contributed by atoms with Crippen LogP contribution in [-0.4, -0.2) is 26.7 Å². The number of methoxy groups -OCH3 is 1. The van der Waals surface area contributed by atoms with Gasteiger partial charge in [0, 0.05) is 25.2 Å². The molecule has 6 nitrogen and oxygen atoms in total. The number of anilines is 1. The first-order valence-electron chi connectivity index (χ1n) is 8.06. The molecule has 0 heterocycles. The van der Waals surface area contributed by atoms with Gasteiger partial charge in [0.15, 0.2) is 11.5 Å². The minimum atomic E-state index is -0.0597. The van der Waals surface area contributed by atoms with Crippen molar-refractivity contribution in [3.8, 4) is 23.6 Å². The van der Waals surface area contributed by atoms with E-state index in [0.717, 1.165) is 0 Å². The zero-order chi connectivity index (χ0) is 18.9. The zero-order valence-electron chi connectivity index (χ0n) is 14.7. The molecule has 0 saturated carbocycles. The average molecular weight is 349 g/mol. The van der Waals surface area contributed by atoms with E-state index in [0.29, 0.717) is 47.8 Å². The van der Waals surface area contributed by atoms with Gasteiger partial charge in [-0.1, -0.05) is 6.07 Å². The number of nitriles is 2. The highest BCUT2D eigenvalue weighted by atomic mass is 16.5. The maximum absolute atomic E-state index is 12.3. The molecule has 132 valence electrons. The molecule has 0 radical (unpaired) electrons. The second-order valence-corrected chi connectivity index (χ2v) is 5.54. The molecule has 1 amide bonds. The number of benzene rings is 2. The molecule has 2 aromatic rings. The highest BCUT2D eigenvalue weighted by Gasteiger charge is 2.12. The van der Waals surface area contributed by atoms with Gasteiger partial charge in [0.25, 0.3) is 0 Å². The normalized spacial score (nSPS) is 9.69. The number of carbonyl (C=O) groups excluding carboxylic acids is 1. The molecule has 0 fully saturated rings. The van der Waals surface area contributed by atoms with E-state index in [2.05, 4.69) is 6.07 Å². The predicted octanol–water partition coefficient (Wildman–Crippen LogP) is 3.26. The number of hydrogen-bond acceptors (Lipinski definition) is 5. The van der Waals surface area contributed by atoms with Crippen molar-refractivity contribution in [2.75, 3.05) is 25.7 Å². The summed E-state index contributed by atoms with van der Waals surface area (Å²) in [4.78, 5) is 13.8. The lowest BCUT2D eigenvalue weighted by molar-refractivity contribution is -0.118. The van der Waals surface area contributed by atoms with E-state index in [1.807, 2.05) is 6.07 Å². The van der Waals surface area contributed by atoms with Crippen LogP contribution >= 0.6 is 0 Å². The summed E-state index contributed by atoms with van der Waals surface area (Å²) in [6, 6.07) is 15.9. The summed E-state index contributed by atoms with van der Waals surface area (Å²) in [6.45, 7) is 0.347. The van der Waals surface area contributed by atoms with Crippen LogP contribution in [0.4, 0.5) is 5.69 Å². The average Bonchev–Trinajstić information content (AvgIpc) is 2.70. The molecule has 0 spiro atoms. The summed E-state index contributed by atoms with van der Waals surface area (Å²) in [7, 11) is 3.19. The molecule has 0 unspecified atom stereocenters. The fourth-order valence-corrected chi connectivity index (χ4v) is 2.36. The second kappa shape index (κ2) is 9.10. The highest BCUT2D eigenvalue weighted by molar-refractivity contribution is 5.92. The summed E-state index contributed by atoms with van der Waals surface area (Å²) in [5.74, 6) is 0.963. The van der Waals surface area contributed by atoms with E-state index in [4.69, 9.17) is 20.0 Å². The van der Waals surface area contributed by atoms with E-state index in [1.54, 1.807) is 49.5 Å². The number of ether oxygens (including phenoxy) is 2. The van der Waals surface area contributed by atoms with Gasteiger partial charge in [-0.2, -0.15) is 10.5 Å². The third kappa shape index (κ3) is 4.75. The number of carbonyl (C=O) groups is 1. The Morgan fingerprint density at radius 3 is 2.50 bits per heavy atom. The molecule has 0 aliphatic heterocycles. The van der Waals surface area contributed by atoms with Crippen LogP contribution < -0.4 is 14.4 Å². The van der Waals surface area contributed by atoms with Gasteiger partial charge in [-0.05, 0) is 36.8 Å². The van der Waals surface area contributed by atoms with E-state index in [1.165, 1.54) is 12.0 Å². The van der Waals surface area contributed by atoms with Crippen LogP contribution in [0.3, 0.4) is 0 Å². The molecule has 6 heteroatoms. The molecule has 2 rings (SSSR count). The topological polar surface area (TPSA) is 86.3 Å². The maximum atomic E-state index is 12.3. The van der Waals surface area contributed by atoms with Crippen molar-refractivity contribution in [2.24, 2.45) is 0 Å². The first kappa shape index (κ1) is 18.8. The Morgan fingerprint density at radius 1 is 1.08 bits per heavy atom. The Morgan fingerprint density at radius 2 is 1.81 bits per heavy atom. The molecule has 0 atom stereocenters. The zero-order valence-corrected chi connectivity index (χ0v) is 14.7. The molecule has 0 aliphatic rings. The van der Waals surface area contributed by atoms with Gasteiger partial charge in [0.05, 0.1) is 37.0 Å². The van der Waals surface area contributed by atoms with Gasteiger partial charge in [0.1, 0.15) is 0 Å². The molecule has 0 N–H and O–H groups in total. The van der Waals surface area contributed by atoms with Crippen LogP contribution in [0, 0.1) is 22.7 Å². The lowest BCUT2D eigenvalue weighted by Crippen LogP contribution is -2.26. The Kier molecular flexibility index (Phi) is 6.59. The van der Waals surface area contributed by atoms with Crippen LogP contribution in [0.25, 0.3) is 0 Å². The van der Waals surface area contributed by atoms with Crippen molar-refractivity contribution in [1.29, 1.82) is 10.5 Å². The first-order chi connectivity index (χ1) is 12.6. The Hall–Kier alpha value is -3.51. The third-order valence-electron chi connectivity index (χ3n) is 3.82. The van der Waals surface area contributed by atoms with Gasteiger partial charge >= 0.3 is 0 Å². The Bertz CT molecular complexity index is 865. The fraction of sp³-hybridized carbons (Fsp3) is 0.250. The number of amides is 1. The summed E-state index contributed by atoms with van der Waals surface area (Å²) in [6.07, 6.45) is 0.843. The van der Waals surface area contributed by atoms with Crippen LogP contribution in [-0.2, 0) is 4.79 Å². The molecule has 2 aromatic carbocycles. The van der Waals surface area contributed by atoms with Gasteiger partial charge in [0.2, 0.25) is 5.91 Å². The molecule has 26 heavy (non-hydrogen) atoms. The minimum Gasteiger partial charge on any atom is -0.493 e. The van der Waals surface area contributed by atoms with Gasteiger partial charge < -0.3 is 14.4 Å². The SMILES string of the molecule is COc1cc(C#N)ccc1OCCCC(=O)N(C)c1cccc(C#N)c1. The van der Waals surface area contributed by atoms with E-state index < -0.39 is 0 Å². The van der Waals surface area contributed by atoms with E-state index >= 15 is 0 Å². The fourth-order valence-electron chi connectivity index (χ4n) is 2.36. The van der Waals surface area contributed by atoms with Crippen molar-refractivity contribution in [3.63, 3.8) is 0 Å². The smallest absolute Gasteiger partial charge is 0.226 e. The van der Waals surface area contributed by atoms with Crippen molar-refractivity contribution >= 4 is 11.6 Å². The molecule has 0 aromatic heterocycles. The molecule has 0 aliphatic carbocycles. The summed E-state index contributed by atoms with van der Waals surface area (Å²) in [5.41, 5.74) is 1.69. The van der Waals surface area contributed by atoms with Crippen LogP contribution in [0.5, 0.6) is 11.5 Å². The first-order valence-corrected chi connectivity index (χ1v) is 8.06. The van der Waals surface area contributed by atoms with Crippen LogP contribution in [0.2, 0.25) is 0 Å². The van der Waals surface area contributed by atoms with Gasteiger partial charge in [-0.25, -0.2) is 0 Å². The van der Waals surface area contributed by atoms with Crippen molar-refractivity contribution in [1.82, 2.24) is 0 Å². The van der Waals surface area contributed by atoms with Crippen molar-refractivity contribution in [3.05, 3.63) is 53.6 Å². The summed E-state index contributed by atoms with van der Waals surface area (Å²) >= 11 is 0. The number of rotatable bonds is 7. The van der Waals surface area contributed by atoms with Crippen molar-refractivity contribution in [2.45, 2.75) is 12.8 Å². The van der Waals surface area contributed by atoms with Crippen LogP contribution in [0.1, 0.15) is 24.0 Å². The number of nitrogens with zero attached hydrogens (tertiary/aromatic N) is 3. The molecular weight excluding hydrogens is 330 g/mol. The Balaban J connectivity index is 1.87. The lowest BCUT2D eigenvalue weighted by Gasteiger charge is -2.17. The van der Waals surface area contributed by atoms with Gasteiger partial charge in [-0.15, -0.1) is 0 Å². The van der Waals surface area contributed by atoms with E-state index in [9.17, 15) is 4.79 Å². The monoisotopic (exact) mass is 349 g/mol. The van der Waals surface area contributed by atoms with Gasteiger partial charge in [-0.3, -0.25) is 4.79 Å². The minimum absolute atomic E-state index is 0.0597. The summed E-state index contributed by atoms with van der Waals surface area (Å²) < 4.78 is 10.9. The lowest BCUT2D eigenvalue weighted by atomic mass is 10.2. The summed E-state index contributed by atoms with van der Waals surface area (Å²) in [5, 5.41) is 17.8. The van der Waals surface area contributed by atoms with E-state index in [-0.39, 0.29) is 5.91 Å². The largest absolute Gasteiger partial charge is 0.493 e. The molecular formula is C20H19N3O3. The second-order valence-electron chi connectivity index (χ2n) is 5.54. The molecule has 0 bridgehead atoms. The Labute approximate surface area is 152 Å². The number of hydrogen-bond donors (Lipinski definition) is 0.